The second-order valence-corrected chi connectivity index (χ2v) is 8.95. The van der Waals surface area contributed by atoms with Gasteiger partial charge in [0.15, 0.2) is 5.76 Å². The Morgan fingerprint density at radius 1 is 0.970 bits per heavy atom. The van der Waals surface area contributed by atoms with Gasteiger partial charge in [-0.3, -0.25) is 9.59 Å². The number of benzene rings is 2. The van der Waals surface area contributed by atoms with Crippen molar-refractivity contribution in [1.82, 2.24) is 10.2 Å². The van der Waals surface area contributed by atoms with Gasteiger partial charge in [-0.2, -0.15) is 0 Å². The van der Waals surface area contributed by atoms with Gasteiger partial charge in [0, 0.05) is 17.6 Å². The van der Waals surface area contributed by atoms with E-state index in [1.54, 1.807) is 29.2 Å². The minimum absolute atomic E-state index is 0.135. The van der Waals surface area contributed by atoms with E-state index in [0.29, 0.717) is 18.0 Å². The Kier molecular flexibility index (Phi) is 7.84. The van der Waals surface area contributed by atoms with E-state index in [4.69, 9.17) is 16.0 Å². The van der Waals surface area contributed by atoms with Crippen molar-refractivity contribution < 1.29 is 14.0 Å². The molecule has 4 rings (SSSR count). The van der Waals surface area contributed by atoms with Crippen LogP contribution in [0.15, 0.2) is 77.4 Å². The van der Waals surface area contributed by atoms with Crippen LogP contribution in [0.25, 0.3) is 0 Å². The Labute approximate surface area is 199 Å². The van der Waals surface area contributed by atoms with E-state index >= 15 is 0 Å². The van der Waals surface area contributed by atoms with Crippen LogP contribution in [-0.4, -0.2) is 29.3 Å². The third-order valence-electron chi connectivity index (χ3n) is 6.17. The number of nitrogens with one attached hydrogen (secondary N) is 1. The largest absolute Gasteiger partial charge is 0.459 e. The summed E-state index contributed by atoms with van der Waals surface area (Å²) in [5, 5.41) is 3.80. The summed E-state index contributed by atoms with van der Waals surface area (Å²) in [5.74, 6) is -0.264. The highest BCUT2D eigenvalue weighted by Gasteiger charge is 2.34. The summed E-state index contributed by atoms with van der Waals surface area (Å²) in [6.07, 6.45) is 7.45. The van der Waals surface area contributed by atoms with E-state index in [-0.39, 0.29) is 23.6 Å². The van der Waals surface area contributed by atoms with Gasteiger partial charge in [-0.1, -0.05) is 73.3 Å². The van der Waals surface area contributed by atoms with Gasteiger partial charge >= 0.3 is 0 Å². The number of hydrogen-bond donors (Lipinski definition) is 1. The number of furan rings is 1. The van der Waals surface area contributed by atoms with E-state index in [0.717, 1.165) is 36.8 Å². The normalized spacial score (nSPS) is 15.1. The Morgan fingerprint density at radius 3 is 2.36 bits per heavy atom. The number of halogens is 1. The summed E-state index contributed by atoms with van der Waals surface area (Å²) in [6, 6.07) is 19.8. The zero-order valence-corrected chi connectivity index (χ0v) is 19.3. The van der Waals surface area contributed by atoms with E-state index in [2.05, 4.69) is 5.32 Å². The van der Waals surface area contributed by atoms with Gasteiger partial charge in [-0.05, 0) is 54.7 Å². The summed E-state index contributed by atoms with van der Waals surface area (Å²) in [7, 11) is 0. The Bertz CT molecular complexity index is 1030. The molecule has 1 aromatic heterocycles. The van der Waals surface area contributed by atoms with Crippen LogP contribution < -0.4 is 5.32 Å². The van der Waals surface area contributed by atoms with E-state index in [1.165, 1.54) is 12.7 Å². The first-order valence-corrected chi connectivity index (χ1v) is 11.9. The molecule has 0 spiro atoms. The predicted molar refractivity (Wildman–Crippen MR) is 129 cm³/mol. The first kappa shape index (κ1) is 23.1. The summed E-state index contributed by atoms with van der Waals surface area (Å²) in [5.41, 5.74) is 1.82. The molecule has 1 aliphatic carbocycles. The van der Waals surface area contributed by atoms with Gasteiger partial charge in [0.05, 0.1) is 6.26 Å². The van der Waals surface area contributed by atoms with Gasteiger partial charge in [-0.15, -0.1) is 0 Å². The molecule has 5 nitrogen and oxygen atoms in total. The molecule has 0 radical (unpaired) electrons. The SMILES string of the molecule is O=C(NC1CCCCC1)[C@H](c1ccc(Cl)cc1)N(CCc1ccccc1)C(=O)c1ccco1. The number of hydrogen-bond acceptors (Lipinski definition) is 3. The molecule has 0 unspecified atom stereocenters. The van der Waals surface area contributed by atoms with Gasteiger partial charge in [0.2, 0.25) is 5.91 Å². The molecule has 0 bridgehead atoms. The van der Waals surface area contributed by atoms with Crippen molar-refractivity contribution in [2.75, 3.05) is 6.54 Å². The van der Waals surface area contributed by atoms with Crippen molar-refractivity contribution in [3.05, 3.63) is 94.9 Å². The first-order chi connectivity index (χ1) is 16.1. The lowest BCUT2D eigenvalue weighted by Crippen LogP contribution is -2.47. The van der Waals surface area contributed by atoms with Gasteiger partial charge in [0.1, 0.15) is 6.04 Å². The lowest BCUT2D eigenvalue weighted by molar-refractivity contribution is -0.126. The monoisotopic (exact) mass is 464 g/mol. The molecule has 172 valence electrons. The van der Waals surface area contributed by atoms with Crippen LogP contribution >= 0.6 is 11.6 Å². The lowest BCUT2D eigenvalue weighted by atomic mass is 9.94. The average Bonchev–Trinajstić information content (AvgIpc) is 3.38. The number of nitrogens with zero attached hydrogens (tertiary/aromatic N) is 1. The van der Waals surface area contributed by atoms with Gasteiger partial charge < -0.3 is 14.6 Å². The highest BCUT2D eigenvalue weighted by atomic mass is 35.5. The van der Waals surface area contributed by atoms with Crippen LogP contribution in [0.5, 0.6) is 0 Å². The summed E-state index contributed by atoms with van der Waals surface area (Å²) >= 11 is 6.12. The van der Waals surface area contributed by atoms with E-state index in [1.807, 2.05) is 42.5 Å². The molecule has 0 saturated heterocycles. The third kappa shape index (κ3) is 6.05. The van der Waals surface area contributed by atoms with Crippen molar-refractivity contribution >= 4 is 23.4 Å². The minimum atomic E-state index is -0.787. The third-order valence-corrected chi connectivity index (χ3v) is 6.43. The maximum Gasteiger partial charge on any atom is 0.290 e. The average molecular weight is 465 g/mol. The minimum Gasteiger partial charge on any atom is -0.459 e. The predicted octanol–water partition coefficient (Wildman–Crippen LogP) is 5.81. The van der Waals surface area contributed by atoms with Crippen molar-refractivity contribution in [3.63, 3.8) is 0 Å². The highest BCUT2D eigenvalue weighted by Crippen LogP contribution is 2.27. The van der Waals surface area contributed by atoms with Crippen LogP contribution in [0, 0.1) is 0 Å². The zero-order chi connectivity index (χ0) is 23.0. The fourth-order valence-corrected chi connectivity index (χ4v) is 4.55. The molecule has 2 aromatic carbocycles. The molecule has 1 N–H and O–H groups in total. The quantitative estimate of drug-likeness (QED) is 0.457. The Balaban J connectivity index is 1.66. The lowest BCUT2D eigenvalue weighted by Gasteiger charge is -2.33. The molecule has 1 aliphatic rings. The molecule has 1 fully saturated rings. The number of rotatable bonds is 8. The summed E-state index contributed by atoms with van der Waals surface area (Å²) in [4.78, 5) is 28.8. The van der Waals surface area contributed by atoms with Crippen LogP contribution in [0.3, 0.4) is 0 Å². The molecular weight excluding hydrogens is 436 g/mol. The molecule has 1 heterocycles. The molecule has 3 aromatic rings. The van der Waals surface area contributed by atoms with Crippen molar-refractivity contribution in [3.8, 4) is 0 Å². The van der Waals surface area contributed by atoms with Crippen LogP contribution in [0.2, 0.25) is 5.02 Å². The summed E-state index contributed by atoms with van der Waals surface area (Å²) < 4.78 is 5.42. The molecule has 2 amide bonds. The van der Waals surface area contributed by atoms with Crippen molar-refractivity contribution in [1.29, 1.82) is 0 Å². The highest BCUT2D eigenvalue weighted by molar-refractivity contribution is 6.30. The number of amides is 2. The zero-order valence-electron chi connectivity index (χ0n) is 18.6. The van der Waals surface area contributed by atoms with Crippen LogP contribution in [0.4, 0.5) is 0 Å². The van der Waals surface area contributed by atoms with Crippen LogP contribution in [-0.2, 0) is 11.2 Å². The fourth-order valence-electron chi connectivity index (χ4n) is 4.43. The smallest absolute Gasteiger partial charge is 0.290 e. The number of carbonyl (C=O) groups excluding carboxylic acids is 2. The Morgan fingerprint density at radius 2 is 1.70 bits per heavy atom. The molecule has 1 atom stereocenters. The van der Waals surface area contributed by atoms with Crippen molar-refractivity contribution in [2.45, 2.75) is 50.6 Å². The molecular formula is C27H29ClN2O3. The van der Waals surface area contributed by atoms with Gasteiger partial charge in [-0.25, -0.2) is 0 Å². The second-order valence-electron chi connectivity index (χ2n) is 8.51. The van der Waals surface area contributed by atoms with E-state index < -0.39 is 6.04 Å². The fraction of sp³-hybridized carbons (Fsp3) is 0.333. The van der Waals surface area contributed by atoms with Crippen LogP contribution in [0.1, 0.15) is 59.8 Å². The molecule has 33 heavy (non-hydrogen) atoms. The van der Waals surface area contributed by atoms with Crippen molar-refractivity contribution in [2.24, 2.45) is 0 Å². The molecule has 6 heteroatoms. The topological polar surface area (TPSA) is 62.6 Å². The molecule has 1 saturated carbocycles. The Hall–Kier alpha value is -3.05. The maximum atomic E-state index is 13.7. The number of carbonyl (C=O) groups is 2. The van der Waals surface area contributed by atoms with E-state index in [9.17, 15) is 9.59 Å². The standard InChI is InChI=1S/C27H29ClN2O3/c28-22-15-13-21(14-16-22)25(26(31)29-23-10-5-2-6-11-23)30(27(32)24-12-7-19-33-24)18-17-20-8-3-1-4-9-20/h1,3-4,7-9,12-16,19,23,25H,2,5-6,10-11,17-18H2,(H,29,31)/t25-/m0/s1. The second kappa shape index (κ2) is 11.2. The molecule has 0 aliphatic heterocycles. The summed E-state index contributed by atoms with van der Waals surface area (Å²) in [6.45, 7) is 0.370. The first-order valence-electron chi connectivity index (χ1n) is 11.6. The maximum absolute atomic E-state index is 13.7. The van der Waals surface area contributed by atoms with Gasteiger partial charge in [0.25, 0.3) is 5.91 Å².